The van der Waals surface area contributed by atoms with Gasteiger partial charge in [0.1, 0.15) is 5.75 Å². The van der Waals surface area contributed by atoms with Crippen LogP contribution in [0.1, 0.15) is 21.5 Å². The zero-order valence-electron chi connectivity index (χ0n) is 12.1. The average Bonchev–Trinajstić information content (AvgIpc) is 2.97. The maximum Gasteiger partial charge on any atom is 0.279 e. The van der Waals surface area contributed by atoms with Crippen molar-refractivity contribution in [2.75, 3.05) is 0 Å². The van der Waals surface area contributed by atoms with E-state index in [1.54, 1.807) is 12.1 Å². The Morgan fingerprint density at radius 1 is 1.05 bits per heavy atom. The van der Waals surface area contributed by atoms with Gasteiger partial charge >= 0.3 is 0 Å². The number of fused-ring (bicyclic) bond motifs is 1. The molecule has 5 heteroatoms. The SMILES string of the molecule is Cc1ccc(C(=O)NNC(=O)[C@H]2Cc3ccccc3O2)cc1. The summed E-state index contributed by atoms with van der Waals surface area (Å²) in [5.41, 5.74) is 7.36. The van der Waals surface area contributed by atoms with E-state index in [-0.39, 0.29) is 11.8 Å². The fraction of sp³-hybridized carbons (Fsp3) is 0.176. The van der Waals surface area contributed by atoms with Crippen molar-refractivity contribution >= 4 is 11.8 Å². The molecule has 0 saturated carbocycles. The first-order valence-electron chi connectivity index (χ1n) is 7.05. The fourth-order valence-corrected chi connectivity index (χ4v) is 2.30. The number of benzene rings is 2. The minimum absolute atomic E-state index is 0.358. The zero-order valence-corrected chi connectivity index (χ0v) is 12.1. The van der Waals surface area contributed by atoms with Gasteiger partial charge in [0.2, 0.25) is 0 Å². The summed E-state index contributed by atoms with van der Waals surface area (Å²) in [5, 5.41) is 0. The molecule has 1 atom stereocenters. The minimum atomic E-state index is -0.615. The maximum atomic E-state index is 12.1. The number of hydrazine groups is 1. The quantitative estimate of drug-likeness (QED) is 0.830. The highest BCUT2D eigenvalue weighted by atomic mass is 16.5. The predicted molar refractivity (Wildman–Crippen MR) is 81.3 cm³/mol. The molecule has 0 aromatic heterocycles. The van der Waals surface area contributed by atoms with Gasteiger partial charge in [-0.25, -0.2) is 0 Å². The summed E-state index contributed by atoms with van der Waals surface area (Å²) >= 11 is 0. The van der Waals surface area contributed by atoms with Crippen LogP contribution in [0.4, 0.5) is 0 Å². The van der Waals surface area contributed by atoms with Crippen LogP contribution in [0.25, 0.3) is 0 Å². The summed E-state index contributed by atoms with van der Waals surface area (Å²) in [6.07, 6.45) is -0.113. The summed E-state index contributed by atoms with van der Waals surface area (Å²) in [6.45, 7) is 1.94. The molecule has 0 saturated heterocycles. The second kappa shape index (κ2) is 5.89. The van der Waals surface area contributed by atoms with Gasteiger partial charge in [-0.05, 0) is 30.7 Å². The Balaban J connectivity index is 1.55. The van der Waals surface area contributed by atoms with Crippen LogP contribution in [0.15, 0.2) is 48.5 Å². The van der Waals surface area contributed by atoms with Gasteiger partial charge in [0.15, 0.2) is 6.10 Å². The van der Waals surface area contributed by atoms with Gasteiger partial charge in [-0.3, -0.25) is 20.4 Å². The van der Waals surface area contributed by atoms with Crippen LogP contribution in [0.2, 0.25) is 0 Å². The minimum Gasteiger partial charge on any atom is -0.480 e. The molecule has 0 unspecified atom stereocenters. The number of hydrogen-bond donors (Lipinski definition) is 2. The highest BCUT2D eigenvalue weighted by Crippen LogP contribution is 2.27. The third kappa shape index (κ3) is 2.93. The van der Waals surface area contributed by atoms with Gasteiger partial charge in [0, 0.05) is 12.0 Å². The number of rotatable bonds is 2. The molecule has 1 heterocycles. The lowest BCUT2D eigenvalue weighted by Crippen LogP contribution is -2.47. The van der Waals surface area contributed by atoms with Gasteiger partial charge in [0.25, 0.3) is 11.8 Å². The molecule has 2 amide bonds. The van der Waals surface area contributed by atoms with Crippen LogP contribution >= 0.6 is 0 Å². The van der Waals surface area contributed by atoms with Crippen LogP contribution in [-0.2, 0) is 11.2 Å². The fourth-order valence-electron chi connectivity index (χ4n) is 2.30. The van der Waals surface area contributed by atoms with Crippen molar-refractivity contribution in [2.24, 2.45) is 0 Å². The molecule has 1 aliphatic rings. The van der Waals surface area contributed by atoms with E-state index in [9.17, 15) is 9.59 Å². The normalized spacial score (nSPS) is 15.6. The summed E-state index contributed by atoms with van der Waals surface area (Å²) in [5.74, 6) is -0.00645. The molecule has 2 aromatic rings. The largest absolute Gasteiger partial charge is 0.480 e. The second-order valence-corrected chi connectivity index (χ2v) is 5.23. The molecular formula is C17H16N2O3. The maximum absolute atomic E-state index is 12.1. The molecule has 0 spiro atoms. The Hall–Kier alpha value is -2.82. The standard InChI is InChI=1S/C17H16N2O3/c1-11-6-8-12(9-7-11)16(20)18-19-17(21)15-10-13-4-2-3-5-14(13)22-15/h2-9,15H,10H2,1H3,(H,18,20)(H,19,21)/t15-/m1/s1. The Morgan fingerprint density at radius 2 is 1.77 bits per heavy atom. The lowest BCUT2D eigenvalue weighted by Gasteiger charge is -2.12. The van der Waals surface area contributed by atoms with Gasteiger partial charge in [-0.15, -0.1) is 0 Å². The second-order valence-electron chi connectivity index (χ2n) is 5.23. The lowest BCUT2D eigenvalue weighted by molar-refractivity contribution is -0.128. The van der Waals surface area contributed by atoms with Gasteiger partial charge in [-0.2, -0.15) is 0 Å². The average molecular weight is 296 g/mol. The van der Waals surface area contributed by atoms with Gasteiger partial charge in [-0.1, -0.05) is 35.9 Å². The number of carbonyl (C=O) groups is 2. The summed E-state index contributed by atoms with van der Waals surface area (Å²) in [6, 6.07) is 14.6. The molecule has 1 aliphatic heterocycles. The summed E-state index contributed by atoms with van der Waals surface area (Å²) < 4.78 is 5.56. The Kier molecular flexibility index (Phi) is 3.78. The number of nitrogens with one attached hydrogen (secondary N) is 2. The number of para-hydroxylation sites is 1. The highest BCUT2D eigenvalue weighted by molar-refractivity contribution is 5.95. The van der Waals surface area contributed by atoms with Crippen LogP contribution in [-0.4, -0.2) is 17.9 Å². The van der Waals surface area contributed by atoms with Gasteiger partial charge in [0.05, 0.1) is 0 Å². The molecule has 3 rings (SSSR count). The lowest BCUT2D eigenvalue weighted by atomic mass is 10.1. The highest BCUT2D eigenvalue weighted by Gasteiger charge is 2.28. The van der Waals surface area contributed by atoms with Crippen molar-refractivity contribution in [2.45, 2.75) is 19.4 Å². The molecule has 0 aliphatic carbocycles. The molecule has 112 valence electrons. The summed E-state index contributed by atoms with van der Waals surface area (Å²) in [7, 11) is 0. The van der Waals surface area contributed by atoms with Crippen molar-refractivity contribution in [1.29, 1.82) is 0 Å². The smallest absolute Gasteiger partial charge is 0.279 e. The van der Waals surface area contributed by atoms with Crippen molar-refractivity contribution in [3.8, 4) is 5.75 Å². The van der Waals surface area contributed by atoms with E-state index in [1.807, 2.05) is 43.3 Å². The van der Waals surface area contributed by atoms with E-state index >= 15 is 0 Å². The number of carbonyl (C=O) groups excluding carboxylic acids is 2. The molecule has 0 fully saturated rings. The molecule has 2 N–H and O–H groups in total. The third-order valence-electron chi connectivity index (χ3n) is 3.55. The van der Waals surface area contributed by atoms with Crippen molar-refractivity contribution in [3.63, 3.8) is 0 Å². The predicted octanol–water partition coefficient (Wildman–Crippen LogP) is 1.76. The van der Waals surface area contributed by atoms with E-state index in [0.717, 1.165) is 11.1 Å². The van der Waals surface area contributed by atoms with E-state index in [4.69, 9.17) is 4.74 Å². The van der Waals surface area contributed by atoms with Crippen molar-refractivity contribution < 1.29 is 14.3 Å². The number of ether oxygens (including phenoxy) is 1. The monoisotopic (exact) mass is 296 g/mol. The summed E-state index contributed by atoms with van der Waals surface area (Å²) in [4.78, 5) is 24.0. The Morgan fingerprint density at radius 3 is 2.50 bits per heavy atom. The number of hydrogen-bond acceptors (Lipinski definition) is 3. The molecule has 0 radical (unpaired) electrons. The first-order chi connectivity index (χ1) is 10.6. The number of amides is 2. The van der Waals surface area contributed by atoms with E-state index < -0.39 is 6.10 Å². The van der Waals surface area contributed by atoms with Crippen molar-refractivity contribution in [1.82, 2.24) is 10.9 Å². The topological polar surface area (TPSA) is 67.4 Å². The Bertz CT molecular complexity index is 685. The molecule has 5 nitrogen and oxygen atoms in total. The van der Waals surface area contributed by atoms with Crippen LogP contribution in [0.3, 0.4) is 0 Å². The third-order valence-corrected chi connectivity index (χ3v) is 3.55. The molecule has 2 aromatic carbocycles. The zero-order chi connectivity index (χ0) is 15.5. The van der Waals surface area contributed by atoms with Crippen LogP contribution in [0.5, 0.6) is 5.75 Å². The first kappa shape index (κ1) is 14.1. The van der Waals surface area contributed by atoms with E-state index in [0.29, 0.717) is 17.7 Å². The molecular weight excluding hydrogens is 280 g/mol. The van der Waals surface area contributed by atoms with Crippen LogP contribution in [0, 0.1) is 6.92 Å². The Labute approximate surface area is 128 Å². The first-order valence-corrected chi connectivity index (χ1v) is 7.05. The number of aryl methyl sites for hydroxylation is 1. The van der Waals surface area contributed by atoms with E-state index in [1.165, 1.54) is 0 Å². The molecule has 22 heavy (non-hydrogen) atoms. The van der Waals surface area contributed by atoms with Crippen molar-refractivity contribution in [3.05, 3.63) is 65.2 Å². The van der Waals surface area contributed by atoms with E-state index in [2.05, 4.69) is 10.9 Å². The van der Waals surface area contributed by atoms with Gasteiger partial charge < -0.3 is 4.74 Å². The molecule has 0 bridgehead atoms. The van der Waals surface area contributed by atoms with Crippen LogP contribution < -0.4 is 15.6 Å².